The molecular formula is C17H21N3O2. The lowest BCUT2D eigenvalue weighted by Gasteiger charge is -2.39. The molecule has 0 bridgehead atoms. The molecule has 1 aliphatic rings. The second-order valence-electron chi connectivity index (χ2n) is 5.37. The van der Waals surface area contributed by atoms with Crippen LogP contribution in [0.1, 0.15) is 30.9 Å². The van der Waals surface area contributed by atoms with Crippen LogP contribution in [0, 0.1) is 0 Å². The van der Waals surface area contributed by atoms with Gasteiger partial charge in [0.15, 0.2) is 0 Å². The fourth-order valence-corrected chi connectivity index (χ4v) is 2.98. The number of benzene rings is 1. The molecule has 5 nitrogen and oxygen atoms in total. The van der Waals surface area contributed by atoms with Gasteiger partial charge in [0.05, 0.1) is 13.2 Å². The summed E-state index contributed by atoms with van der Waals surface area (Å²) in [5.41, 5.74) is 0.999. The molecule has 2 atom stereocenters. The molecule has 3 rings (SSSR count). The fourth-order valence-electron chi connectivity index (χ4n) is 2.98. The van der Waals surface area contributed by atoms with Crippen molar-refractivity contribution in [3.05, 3.63) is 61.2 Å². The lowest BCUT2D eigenvalue weighted by atomic mass is 9.94. The average Bonchev–Trinajstić information content (AvgIpc) is 3.01. The maximum Gasteiger partial charge on any atom is 0.218 e. The maximum absolute atomic E-state index is 6.26. The maximum atomic E-state index is 6.26. The predicted molar refractivity (Wildman–Crippen MR) is 83.1 cm³/mol. The van der Waals surface area contributed by atoms with Gasteiger partial charge in [-0.05, 0) is 19.3 Å². The van der Waals surface area contributed by atoms with Crippen LogP contribution in [0.4, 0.5) is 0 Å². The van der Waals surface area contributed by atoms with E-state index in [4.69, 9.17) is 9.47 Å². The number of ether oxygens (including phenoxy) is 2. The standard InChI is InChI=1S/C17H21N3O2/c1-2-11-21-17(15-8-4-3-5-9-15)16(10-6-7-12-22-17)20-14-18-13-19-20/h2-5,8-9,13-14,16H,1,6-7,10-12H2. The number of hydrogen-bond donors (Lipinski definition) is 0. The highest BCUT2D eigenvalue weighted by Gasteiger charge is 2.45. The smallest absolute Gasteiger partial charge is 0.218 e. The Morgan fingerprint density at radius 1 is 1.36 bits per heavy atom. The molecule has 0 radical (unpaired) electrons. The number of hydrogen-bond acceptors (Lipinski definition) is 4. The normalized spacial score (nSPS) is 25.5. The van der Waals surface area contributed by atoms with E-state index >= 15 is 0 Å². The minimum absolute atomic E-state index is 0.0557. The van der Waals surface area contributed by atoms with Crippen LogP contribution in [-0.2, 0) is 15.3 Å². The summed E-state index contributed by atoms with van der Waals surface area (Å²) >= 11 is 0. The summed E-state index contributed by atoms with van der Waals surface area (Å²) in [6.07, 6.45) is 8.03. The monoisotopic (exact) mass is 299 g/mol. The first-order valence-electron chi connectivity index (χ1n) is 7.65. The van der Waals surface area contributed by atoms with Gasteiger partial charge in [-0.2, -0.15) is 5.10 Å². The molecule has 0 aliphatic carbocycles. The molecule has 5 heteroatoms. The molecule has 1 saturated heterocycles. The van der Waals surface area contributed by atoms with Crippen LogP contribution < -0.4 is 0 Å². The Labute approximate surface area is 130 Å². The zero-order chi connectivity index (χ0) is 15.3. The zero-order valence-corrected chi connectivity index (χ0v) is 12.6. The molecule has 1 fully saturated rings. The first-order chi connectivity index (χ1) is 10.9. The van der Waals surface area contributed by atoms with Crippen LogP contribution in [0.15, 0.2) is 55.6 Å². The summed E-state index contributed by atoms with van der Waals surface area (Å²) in [4.78, 5) is 4.09. The van der Waals surface area contributed by atoms with Crippen molar-refractivity contribution in [1.82, 2.24) is 14.8 Å². The SMILES string of the molecule is C=CCOC1(c2ccccc2)OCCCCC1n1cncn1. The van der Waals surface area contributed by atoms with Crippen molar-refractivity contribution in [3.8, 4) is 0 Å². The molecule has 22 heavy (non-hydrogen) atoms. The molecule has 0 spiro atoms. The minimum Gasteiger partial charge on any atom is -0.344 e. The number of rotatable bonds is 5. The summed E-state index contributed by atoms with van der Waals surface area (Å²) in [5, 5.41) is 4.33. The van der Waals surface area contributed by atoms with Gasteiger partial charge in [-0.15, -0.1) is 6.58 Å². The Morgan fingerprint density at radius 2 is 2.23 bits per heavy atom. The molecule has 1 aromatic heterocycles. The molecule has 0 saturated carbocycles. The molecule has 0 amide bonds. The third-order valence-corrected chi connectivity index (χ3v) is 3.97. The van der Waals surface area contributed by atoms with E-state index in [9.17, 15) is 0 Å². The lowest BCUT2D eigenvalue weighted by molar-refractivity contribution is -0.264. The van der Waals surface area contributed by atoms with Crippen LogP contribution in [0.3, 0.4) is 0 Å². The Hall–Kier alpha value is -1.98. The van der Waals surface area contributed by atoms with Crippen molar-refractivity contribution >= 4 is 0 Å². The van der Waals surface area contributed by atoms with Crippen LogP contribution in [0.2, 0.25) is 0 Å². The molecule has 1 aliphatic heterocycles. The van der Waals surface area contributed by atoms with Gasteiger partial charge in [0, 0.05) is 5.56 Å². The molecule has 2 heterocycles. The summed E-state index contributed by atoms with van der Waals surface area (Å²) in [6.45, 7) is 4.85. The Kier molecular flexibility index (Phi) is 4.65. The van der Waals surface area contributed by atoms with E-state index < -0.39 is 5.79 Å². The number of aromatic nitrogens is 3. The summed E-state index contributed by atoms with van der Waals surface area (Å²) < 4.78 is 14.3. The van der Waals surface area contributed by atoms with Crippen molar-refractivity contribution in [3.63, 3.8) is 0 Å². The van der Waals surface area contributed by atoms with Crippen molar-refractivity contribution in [1.29, 1.82) is 0 Å². The van der Waals surface area contributed by atoms with Crippen molar-refractivity contribution in [2.45, 2.75) is 31.1 Å². The third-order valence-electron chi connectivity index (χ3n) is 3.97. The summed E-state index contributed by atoms with van der Waals surface area (Å²) in [7, 11) is 0. The van der Waals surface area contributed by atoms with Gasteiger partial charge in [0.2, 0.25) is 5.79 Å². The minimum atomic E-state index is -0.861. The largest absolute Gasteiger partial charge is 0.344 e. The van der Waals surface area contributed by atoms with Crippen molar-refractivity contribution in [2.24, 2.45) is 0 Å². The highest BCUT2D eigenvalue weighted by atomic mass is 16.7. The van der Waals surface area contributed by atoms with E-state index in [0.29, 0.717) is 13.2 Å². The zero-order valence-electron chi connectivity index (χ0n) is 12.6. The first kappa shape index (κ1) is 14.9. The Balaban J connectivity index is 2.07. The van der Waals surface area contributed by atoms with Gasteiger partial charge in [-0.1, -0.05) is 36.4 Å². The second-order valence-corrected chi connectivity index (χ2v) is 5.37. The third kappa shape index (κ3) is 2.82. The van der Waals surface area contributed by atoms with Gasteiger partial charge < -0.3 is 9.47 Å². The molecular weight excluding hydrogens is 278 g/mol. The average molecular weight is 299 g/mol. The van der Waals surface area contributed by atoms with Gasteiger partial charge >= 0.3 is 0 Å². The van der Waals surface area contributed by atoms with E-state index in [1.807, 2.05) is 35.0 Å². The van der Waals surface area contributed by atoms with Crippen molar-refractivity contribution < 1.29 is 9.47 Å². The molecule has 0 N–H and O–H groups in total. The summed E-state index contributed by atoms with van der Waals surface area (Å²) in [5.74, 6) is -0.861. The highest BCUT2D eigenvalue weighted by Crippen LogP contribution is 2.43. The fraction of sp³-hybridized carbons (Fsp3) is 0.412. The van der Waals surface area contributed by atoms with E-state index in [0.717, 1.165) is 24.8 Å². The predicted octanol–water partition coefficient (Wildman–Crippen LogP) is 3.08. The number of nitrogens with zero attached hydrogens (tertiary/aromatic N) is 3. The van der Waals surface area contributed by atoms with Crippen LogP contribution >= 0.6 is 0 Å². The van der Waals surface area contributed by atoms with Gasteiger partial charge in [0.1, 0.15) is 18.7 Å². The van der Waals surface area contributed by atoms with Gasteiger partial charge in [0.25, 0.3) is 0 Å². The topological polar surface area (TPSA) is 49.2 Å². The van der Waals surface area contributed by atoms with E-state index in [-0.39, 0.29) is 6.04 Å². The molecule has 2 aromatic rings. The lowest BCUT2D eigenvalue weighted by Crippen LogP contribution is -2.42. The molecule has 1 aromatic carbocycles. The molecule has 2 unspecified atom stereocenters. The molecule has 116 valence electrons. The van der Waals surface area contributed by atoms with Crippen LogP contribution in [0.25, 0.3) is 0 Å². The van der Waals surface area contributed by atoms with Gasteiger partial charge in [-0.25, -0.2) is 9.67 Å². The van der Waals surface area contributed by atoms with E-state index in [2.05, 4.69) is 16.7 Å². The van der Waals surface area contributed by atoms with E-state index in [1.165, 1.54) is 0 Å². The second kappa shape index (κ2) is 6.85. The van der Waals surface area contributed by atoms with Crippen LogP contribution in [0.5, 0.6) is 0 Å². The quantitative estimate of drug-likeness (QED) is 0.796. The van der Waals surface area contributed by atoms with Crippen LogP contribution in [-0.4, -0.2) is 28.0 Å². The van der Waals surface area contributed by atoms with Gasteiger partial charge in [-0.3, -0.25) is 0 Å². The Bertz CT molecular complexity index is 585. The summed E-state index contributed by atoms with van der Waals surface area (Å²) in [6, 6.07) is 10.0. The van der Waals surface area contributed by atoms with Crippen molar-refractivity contribution in [2.75, 3.05) is 13.2 Å². The Morgan fingerprint density at radius 3 is 2.95 bits per heavy atom. The first-order valence-corrected chi connectivity index (χ1v) is 7.65. The highest BCUT2D eigenvalue weighted by molar-refractivity contribution is 5.22. The van der Waals surface area contributed by atoms with E-state index in [1.54, 1.807) is 18.7 Å².